The molecule has 2 fully saturated rings. The van der Waals surface area contributed by atoms with E-state index in [0.29, 0.717) is 17.1 Å². The summed E-state index contributed by atoms with van der Waals surface area (Å²) in [6.45, 7) is 9.71. The molecule has 4 amide bonds. The van der Waals surface area contributed by atoms with Gasteiger partial charge in [-0.15, -0.1) is 0 Å². The van der Waals surface area contributed by atoms with Gasteiger partial charge < -0.3 is 14.6 Å². The van der Waals surface area contributed by atoms with E-state index in [9.17, 15) is 19.2 Å². The molecule has 2 heterocycles. The van der Waals surface area contributed by atoms with Crippen molar-refractivity contribution in [3.63, 3.8) is 0 Å². The molecule has 2 aliphatic rings. The number of benzene rings is 1. The third-order valence-corrected chi connectivity index (χ3v) is 7.40. The molecular formula is C25H29N3O5. The van der Waals surface area contributed by atoms with Crippen LogP contribution in [0.3, 0.4) is 0 Å². The maximum Gasteiger partial charge on any atom is 0.257 e. The molecule has 1 saturated heterocycles. The number of hydrogen-bond donors (Lipinski definition) is 1. The van der Waals surface area contributed by atoms with Gasteiger partial charge in [-0.25, -0.2) is 4.90 Å². The molecule has 1 atom stereocenters. The molecule has 1 N–H and O–H groups in total. The minimum absolute atomic E-state index is 0.0910. The minimum Gasteiger partial charge on any atom is -0.467 e. The number of amides is 4. The van der Waals surface area contributed by atoms with Gasteiger partial charge in [0.2, 0.25) is 17.7 Å². The summed E-state index contributed by atoms with van der Waals surface area (Å²) in [6.07, 6.45) is 1.43. The van der Waals surface area contributed by atoms with Gasteiger partial charge in [0.05, 0.1) is 24.9 Å². The lowest BCUT2D eigenvalue weighted by Crippen LogP contribution is -2.46. The minimum atomic E-state index is -0.905. The van der Waals surface area contributed by atoms with Crippen LogP contribution in [0.25, 0.3) is 0 Å². The van der Waals surface area contributed by atoms with Gasteiger partial charge in [-0.2, -0.15) is 0 Å². The number of imide groups is 1. The second-order valence-electron chi connectivity index (χ2n) is 9.94. The van der Waals surface area contributed by atoms with Crippen molar-refractivity contribution in [1.29, 1.82) is 0 Å². The van der Waals surface area contributed by atoms with Gasteiger partial charge in [0.1, 0.15) is 11.8 Å². The van der Waals surface area contributed by atoms with Crippen LogP contribution in [0.5, 0.6) is 0 Å². The predicted molar refractivity (Wildman–Crippen MR) is 122 cm³/mol. The van der Waals surface area contributed by atoms with E-state index in [1.165, 1.54) is 18.1 Å². The molecule has 1 aromatic heterocycles. The Bertz CT molecular complexity index is 1090. The second kappa shape index (κ2) is 7.86. The summed E-state index contributed by atoms with van der Waals surface area (Å²) in [6, 6.07) is 9.05. The predicted octanol–water partition coefficient (Wildman–Crippen LogP) is 3.58. The number of carbonyl (C=O) groups is 4. The summed E-state index contributed by atoms with van der Waals surface area (Å²) >= 11 is 0. The zero-order valence-electron chi connectivity index (χ0n) is 19.5. The van der Waals surface area contributed by atoms with Crippen molar-refractivity contribution < 1.29 is 23.6 Å². The Labute approximate surface area is 192 Å². The molecule has 4 rings (SSSR count). The summed E-state index contributed by atoms with van der Waals surface area (Å²) in [7, 11) is 0. The van der Waals surface area contributed by atoms with Crippen LogP contribution in [0.2, 0.25) is 0 Å². The third-order valence-electron chi connectivity index (χ3n) is 7.40. The highest BCUT2D eigenvalue weighted by atomic mass is 16.3. The molecule has 0 bridgehead atoms. The van der Waals surface area contributed by atoms with Crippen LogP contribution in [0.4, 0.5) is 11.4 Å². The first-order valence-electron chi connectivity index (χ1n) is 11.0. The first-order chi connectivity index (χ1) is 15.4. The number of nitrogens with zero attached hydrogens (tertiary/aromatic N) is 2. The highest BCUT2D eigenvalue weighted by Crippen LogP contribution is 2.69. The molecule has 0 radical (unpaired) electrons. The molecule has 0 spiro atoms. The number of furan rings is 1. The van der Waals surface area contributed by atoms with Crippen LogP contribution >= 0.6 is 0 Å². The molecule has 1 aromatic carbocycles. The Morgan fingerprint density at radius 1 is 1.09 bits per heavy atom. The lowest BCUT2D eigenvalue weighted by Gasteiger charge is -2.28. The van der Waals surface area contributed by atoms with E-state index >= 15 is 0 Å². The third kappa shape index (κ3) is 3.83. The zero-order valence-corrected chi connectivity index (χ0v) is 19.5. The normalized spacial score (nSPS) is 21.2. The van der Waals surface area contributed by atoms with Crippen LogP contribution in [-0.4, -0.2) is 34.6 Å². The van der Waals surface area contributed by atoms with Gasteiger partial charge in [-0.1, -0.05) is 27.7 Å². The van der Waals surface area contributed by atoms with Crippen LogP contribution in [0.1, 0.15) is 46.8 Å². The van der Waals surface area contributed by atoms with Gasteiger partial charge in [0, 0.05) is 18.5 Å². The van der Waals surface area contributed by atoms with Crippen molar-refractivity contribution in [3.05, 3.63) is 48.4 Å². The Hall–Kier alpha value is -3.42. The molecule has 8 heteroatoms. The first-order valence-corrected chi connectivity index (χ1v) is 11.0. The Balaban J connectivity index is 1.61. The van der Waals surface area contributed by atoms with Crippen molar-refractivity contribution in [2.75, 3.05) is 10.2 Å². The van der Waals surface area contributed by atoms with E-state index < -0.39 is 11.9 Å². The van der Waals surface area contributed by atoms with Crippen molar-refractivity contribution in [2.24, 2.45) is 16.7 Å². The molecule has 33 heavy (non-hydrogen) atoms. The van der Waals surface area contributed by atoms with E-state index in [-0.39, 0.29) is 47.4 Å². The fraction of sp³-hybridized carbons (Fsp3) is 0.440. The standard InChI is InChI=1S/C25H29N3O5/c1-15(29)26-16-8-10-17(11-9-16)28-20(30)13-19(22(28)31)27(14-18-7-6-12-33-18)23(32)21-24(2,3)25(21,4)5/h6-12,19,21H,13-14H2,1-5H3,(H,26,29). The maximum atomic E-state index is 13.7. The Morgan fingerprint density at radius 3 is 2.24 bits per heavy atom. The molecular weight excluding hydrogens is 422 g/mol. The summed E-state index contributed by atoms with van der Waals surface area (Å²) < 4.78 is 5.46. The molecule has 1 aliphatic heterocycles. The van der Waals surface area contributed by atoms with Crippen LogP contribution < -0.4 is 10.2 Å². The molecule has 174 valence electrons. The Kier molecular flexibility index (Phi) is 5.42. The zero-order chi connectivity index (χ0) is 24.1. The fourth-order valence-electron chi connectivity index (χ4n) is 4.92. The number of anilines is 2. The summed E-state index contributed by atoms with van der Waals surface area (Å²) in [5.74, 6) is -0.872. The van der Waals surface area contributed by atoms with Gasteiger partial charge in [0.15, 0.2) is 0 Å². The average Bonchev–Trinajstić information content (AvgIpc) is 3.14. The molecule has 8 nitrogen and oxygen atoms in total. The van der Waals surface area contributed by atoms with E-state index in [1.54, 1.807) is 36.4 Å². The fourth-order valence-corrected chi connectivity index (χ4v) is 4.92. The van der Waals surface area contributed by atoms with Gasteiger partial charge >= 0.3 is 0 Å². The summed E-state index contributed by atoms with van der Waals surface area (Å²) in [4.78, 5) is 53.9. The summed E-state index contributed by atoms with van der Waals surface area (Å²) in [5, 5.41) is 2.66. The van der Waals surface area contributed by atoms with E-state index in [1.807, 2.05) is 27.7 Å². The van der Waals surface area contributed by atoms with E-state index in [0.717, 1.165) is 4.90 Å². The monoisotopic (exact) mass is 451 g/mol. The lowest BCUT2D eigenvalue weighted by molar-refractivity contribution is -0.141. The van der Waals surface area contributed by atoms with E-state index in [4.69, 9.17) is 4.42 Å². The number of carbonyl (C=O) groups excluding carboxylic acids is 4. The molecule has 1 unspecified atom stereocenters. The summed E-state index contributed by atoms with van der Waals surface area (Å²) in [5.41, 5.74) is 0.543. The van der Waals surface area contributed by atoms with Gasteiger partial charge in [-0.3, -0.25) is 19.2 Å². The van der Waals surface area contributed by atoms with E-state index in [2.05, 4.69) is 5.32 Å². The number of rotatable bonds is 6. The highest BCUT2D eigenvalue weighted by Gasteiger charge is 2.69. The van der Waals surface area contributed by atoms with Crippen molar-refractivity contribution in [1.82, 2.24) is 4.90 Å². The second-order valence-corrected chi connectivity index (χ2v) is 9.94. The molecule has 1 aliphatic carbocycles. The van der Waals surface area contributed by atoms with Crippen molar-refractivity contribution >= 4 is 35.0 Å². The topological polar surface area (TPSA) is 99.9 Å². The Morgan fingerprint density at radius 2 is 1.73 bits per heavy atom. The molecule has 1 saturated carbocycles. The average molecular weight is 452 g/mol. The SMILES string of the molecule is CC(=O)Nc1ccc(N2C(=O)CC(N(Cc3ccco3)C(=O)C3C(C)(C)C3(C)C)C2=O)cc1. The highest BCUT2D eigenvalue weighted by molar-refractivity contribution is 6.23. The van der Waals surface area contributed by atoms with Crippen LogP contribution in [0, 0.1) is 16.7 Å². The smallest absolute Gasteiger partial charge is 0.257 e. The largest absolute Gasteiger partial charge is 0.467 e. The number of nitrogens with one attached hydrogen (secondary N) is 1. The van der Waals surface area contributed by atoms with Crippen LogP contribution in [0.15, 0.2) is 47.1 Å². The lowest BCUT2D eigenvalue weighted by atomic mass is 10.0. The first kappa shape index (κ1) is 22.8. The van der Waals surface area contributed by atoms with Gasteiger partial charge in [0.25, 0.3) is 5.91 Å². The van der Waals surface area contributed by atoms with Crippen molar-refractivity contribution in [2.45, 2.75) is 53.6 Å². The maximum absolute atomic E-state index is 13.7. The van der Waals surface area contributed by atoms with Gasteiger partial charge in [-0.05, 0) is 47.2 Å². The van der Waals surface area contributed by atoms with Crippen molar-refractivity contribution in [3.8, 4) is 0 Å². The quantitative estimate of drug-likeness (QED) is 0.677. The molecule has 2 aromatic rings. The number of hydrogen-bond acceptors (Lipinski definition) is 5. The van der Waals surface area contributed by atoms with Crippen LogP contribution in [-0.2, 0) is 25.7 Å².